The van der Waals surface area contributed by atoms with Crippen molar-refractivity contribution in [1.82, 2.24) is 9.55 Å². The minimum Gasteiger partial charge on any atom is -0.383 e. The van der Waals surface area contributed by atoms with Gasteiger partial charge in [0.1, 0.15) is 11.3 Å². The molecule has 0 radical (unpaired) electrons. The lowest BCUT2D eigenvalue weighted by molar-refractivity contribution is 0.154. The predicted octanol–water partition coefficient (Wildman–Crippen LogP) is 2.78. The highest BCUT2D eigenvalue weighted by Gasteiger charge is 2.21. The lowest BCUT2D eigenvalue weighted by Gasteiger charge is -2.19. The molecule has 116 valence electrons. The Kier molecular flexibility index (Phi) is 4.91. The van der Waals surface area contributed by atoms with E-state index in [0.717, 1.165) is 11.9 Å². The van der Waals surface area contributed by atoms with E-state index in [0.29, 0.717) is 17.9 Å². The van der Waals surface area contributed by atoms with Gasteiger partial charge in [-0.2, -0.15) is 0 Å². The van der Waals surface area contributed by atoms with Crippen LogP contribution in [0.1, 0.15) is 25.2 Å². The largest absolute Gasteiger partial charge is 0.383 e. The number of benzene rings is 1. The van der Waals surface area contributed by atoms with Crippen molar-refractivity contribution in [2.75, 3.05) is 20.0 Å². The topological polar surface area (TPSA) is 61.2 Å². The van der Waals surface area contributed by atoms with Gasteiger partial charge in [0, 0.05) is 13.4 Å². The molecule has 0 bridgehead atoms. The number of imidazole rings is 1. The number of sulfone groups is 1. The monoisotopic (exact) mass is 330 g/mol. The standard InChI is InChI=1S/C14H19ClN2O3S/c1-4-10(9-20-2)17-11-6-5-7-12(21(3,18)19)14(11)16-13(17)8-15/h5-7,10H,4,8-9H2,1-3H3. The van der Waals surface area contributed by atoms with Gasteiger partial charge in [0.05, 0.1) is 28.9 Å². The number of ether oxygens (including phenoxy) is 1. The van der Waals surface area contributed by atoms with Crippen LogP contribution in [-0.4, -0.2) is 37.9 Å². The summed E-state index contributed by atoms with van der Waals surface area (Å²) in [5.41, 5.74) is 1.25. The number of nitrogens with zero attached hydrogens (tertiary/aromatic N) is 2. The minimum absolute atomic E-state index is 0.0727. The number of para-hydroxylation sites is 1. The highest BCUT2D eigenvalue weighted by atomic mass is 35.5. The van der Waals surface area contributed by atoms with E-state index < -0.39 is 9.84 Å². The van der Waals surface area contributed by atoms with Crippen LogP contribution in [0.2, 0.25) is 0 Å². The molecular formula is C14H19ClN2O3S. The van der Waals surface area contributed by atoms with E-state index >= 15 is 0 Å². The van der Waals surface area contributed by atoms with Crippen molar-refractivity contribution < 1.29 is 13.2 Å². The van der Waals surface area contributed by atoms with Crippen LogP contribution in [0.25, 0.3) is 11.0 Å². The first-order chi connectivity index (χ1) is 9.93. The Morgan fingerprint density at radius 2 is 2.14 bits per heavy atom. The fraction of sp³-hybridized carbons (Fsp3) is 0.500. The van der Waals surface area contributed by atoms with E-state index in [1.165, 1.54) is 6.26 Å². The molecule has 1 heterocycles. The average Bonchev–Trinajstić information content (AvgIpc) is 2.81. The summed E-state index contributed by atoms with van der Waals surface area (Å²) in [6.07, 6.45) is 2.03. The van der Waals surface area contributed by atoms with Crippen LogP contribution in [0.3, 0.4) is 0 Å². The molecule has 0 spiro atoms. The van der Waals surface area contributed by atoms with Crippen molar-refractivity contribution in [2.24, 2.45) is 0 Å². The molecule has 7 heteroatoms. The quantitative estimate of drug-likeness (QED) is 0.764. The molecule has 0 aliphatic heterocycles. The molecule has 2 aromatic rings. The van der Waals surface area contributed by atoms with Gasteiger partial charge in [-0.05, 0) is 18.6 Å². The lowest BCUT2D eigenvalue weighted by Crippen LogP contribution is -2.16. The number of hydrogen-bond donors (Lipinski definition) is 0. The summed E-state index contributed by atoms with van der Waals surface area (Å²) in [5, 5.41) is 0. The van der Waals surface area contributed by atoms with E-state index in [9.17, 15) is 8.42 Å². The van der Waals surface area contributed by atoms with Gasteiger partial charge in [0.25, 0.3) is 0 Å². The molecule has 0 saturated heterocycles. The van der Waals surface area contributed by atoms with Gasteiger partial charge in [-0.1, -0.05) is 13.0 Å². The first kappa shape index (κ1) is 16.3. The normalized spacial score (nSPS) is 13.7. The number of alkyl halides is 1. The molecule has 21 heavy (non-hydrogen) atoms. The second-order valence-electron chi connectivity index (χ2n) is 4.95. The Hall–Kier alpha value is -1.11. The first-order valence-corrected chi connectivity index (χ1v) is 9.11. The molecule has 2 rings (SSSR count). The van der Waals surface area contributed by atoms with Crippen LogP contribution in [0, 0.1) is 0 Å². The molecule has 1 aromatic heterocycles. The molecule has 0 aliphatic rings. The maximum Gasteiger partial charge on any atom is 0.177 e. The zero-order chi connectivity index (χ0) is 15.6. The van der Waals surface area contributed by atoms with Gasteiger partial charge in [-0.3, -0.25) is 0 Å². The molecule has 0 saturated carbocycles. The summed E-state index contributed by atoms with van der Waals surface area (Å²) < 4.78 is 31.1. The minimum atomic E-state index is -3.34. The molecule has 0 fully saturated rings. The maximum absolute atomic E-state index is 11.9. The maximum atomic E-state index is 11.9. The van der Waals surface area contributed by atoms with Crippen LogP contribution in [-0.2, 0) is 20.5 Å². The van der Waals surface area contributed by atoms with Crippen molar-refractivity contribution in [3.8, 4) is 0 Å². The van der Waals surface area contributed by atoms with Gasteiger partial charge in [-0.25, -0.2) is 13.4 Å². The van der Waals surface area contributed by atoms with Crippen LogP contribution in [0.5, 0.6) is 0 Å². The van der Waals surface area contributed by atoms with Crippen LogP contribution in [0.4, 0.5) is 0 Å². The summed E-state index contributed by atoms with van der Waals surface area (Å²) in [6, 6.07) is 5.24. The van der Waals surface area contributed by atoms with Gasteiger partial charge in [0.2, 0.25) is 0 Å². The summed E-state index contributed by atoms with van der Waals surface area (Å²) in [4.78, 5) is 4.68. The lowest BCUT2D eigenvalue weighted by atomic mass is 10.2. The third-order valence-electron chi connectivity index (χ3n) is 3.47. The highest BCUT2D eigenvalue weighted by molar-refractivity contribution is 7.91. The molecule has 0 aliphatic carbocycles. The molecule has 1 atom stereocenters. The van der Waals surface area contributed by atoms with Crippen molar-refractivity contribution in [3.05, 3.63) is 24.0 Å². The molecule has 0 N–H and O–H groups in total. The van der Waals surface area contributed by atoms with Crippen LogP contribution >= 0.6 is 11.6 Å². The van der Waals surface area contributed by atoms with Gasteiger partial charge >= 0.3 is 0 Å². The van der Waals surface area contributed by atoms with Crippen molar-refractivity contribution >= 4 is 32.5 Å². The Balaban J connectivity index is 2.76. The zero-order valence-corrected chi connectivity index (χ0v) is 13.9. The van der Waals surface area contributed by atoms with Crippen LogP contribution < -0.4 is 0 Å². The van der Waals surface area contributed by atoms with Gasteiger partial charge in [0.15, 0.2) is 9.84 Å². The van der Waals surface area contributed by atoms with E-state index in [-0.39, 0.29) is 16.8 Å². The average molecular weight is 331 g/mol. The van der Waals surface area contributed by atoms with Crippen molar-refractivity contribution in [1.29, 1.82) is 0 Å². The van der Waals surface area contributed by atoms with Crippen LogP contribution in [0.15, 0.2) is 23.1 Å². The second-order valence-corrected chi connectivity index (χ2v) is 7.20. The third-order valence-corrected chi connectivity index (χ3v) is 4.84. The summed E-state index contributed by atoms with van der Waals surface area (Å²) in [6.45, 7) is 2.57. The van der Waals surface area contributed by atoms with Crippen molar-refractivity contribution in [2.45, 2.75) is 30.2 Å². The molecule has 1 unspecified atom stereocenters. The highest BCUT2D eigenvalue weighted by Crippen LogP contribution is 2.28. The number of methoxy groups -OCH3 is 1. The Bertz CT molecular complexity index is 740. The SMILES string of the molecule is CCC(COC)n1c(CCl)nc2c(S(C)(=O)=O)cccc21. The van der Waals surface area contributed by atoms with Gasteiger partial charge < -0.3 is 9.30 Å². The summed E-state index contributed by atoms with van der Waals surface area (Å²) in [7, 11) is -1.69. The van der Waals surface area contributed by atoms with E-state index in [2.05, 4.69) is 4.98 Å². The first-order valence-electron chi connectivity index (χ1n) is 6.68. The van der Waals surface area contributed by atoms with Gasteiger partial charge in [-0.15, -0.1) is 11.6 Å². The number of aromatic nitrogens is 2. The summed E-state index contributed by atoms with van der Waals surface area (Å²) >= 11 is 6.00. The Morgan fingerprint density at radius 1 is 1.43 bits per heavy atom. The summed E-state index contributed by atoms with van der Waals surface area (Å²) in [5.74, 6) is 0.879. The number of hydrogen-bond acceptors (Lipinski definition) is 4. The van der Waals surface area contributed by atoms with E-state index in [1.807, 2.05) is 17.6 Å². The fourth-order valence-corrected chi connectivity index (χ4v) is 3.52. The smallest absolute Gasteiger partial charge is 0.177 e. The third kappa shape index (κ3) is 3.07. The Morgan fingerprint density at radius 3 is 2.67 bits per heavy atom. The molecule has 0 amide bonds. The molecule has 1 aromatic carbocycles. The Labute approximate surface area is 129 Å². The molecular weight excluding hydrogens is 312 g/mol. The number of rotatable bonds is 6. The molecule has 5 nitrogen and oxygen atoms in total. The van der Waals surface area contributed by atoms with E-state index in [4.69, 9.17) is 16.3 Å². The predicted molar refractivity (Wildman–Crippen MR) is 83.6 cm³/mol. The number of fused-ring (bicyclic) bond motifs is 1. The second kappa shape index (κ2) is 6.34. The van der Waals surface area contributed by atoms with E-state index in [1.54, 1.807) is 19.2 Å². The number of halogens is 1. The van der Waals surface area contributed by atoms with Crippen molar-refractivity contribution in [3.63, 3.8) is 0 Å². The zero-order valence-electron chi connectivity index (χ0n) is 12.3. The fourth-order valence-electron chi connectivity index (χ4n) is 2.51.